The molecule has 0 aliphatic heterocycles. The molecule has 5 nitrogen and oxygen atoms in total. The first-order valence-corrected chi connectivity index (χ1v) is 8.77. The summed E-state index contributed by atoms with van der Waals surface area (Å²) >= 11 is 11.6. The lowest BCUT2D eigenvalue weighted by Gasteiger charge is -2.15. The Bertz CT molecular complexity index is 806. The zero-order chi connectivity index (χ0) is 17.0. The van der Waals surface area contributed by atoms with Crippen LogP contribution in [0.15, 0.2) is 53.4 Å². The zero-order valence-electron chi connectivity index (χ0n) is 11.7. The van der Waals surface area contributed by atoms with Gasteiger partial charge in [-0.3, -0.25) is 4.79 Å². The van der Waals surface area contributed by atoms with Gasteiger partial charge in [0.1, 0.15) is 10.9 Å². The molecule has 0 aliphatic rings. The van der Waals surface area contributed by atoms with Crippen molar-refractivity contribution >= 4 is 39.2 Å². The number of halogens is 2. The second-order valence-corrected chi connectivity index (χ2v) is 7.30. The molecule has 0 bridgehead atoms. The minimum absolute atomic E-state index is 0.0177. The molecule has 0 radical (unpaired) electrons. The van der Waals surface area contributed by atoms with Gasteiger partial charge < -0.3 is 5.11 Å². The largest absolute Gasteiger partial charge is 0.480 e. The lowest BCUT2D eigenvalue weighted by molar-refractivity contribution is -0.138. The molecule has 122 valence electrons. The third kappa shape index (κ3) is 4.68. The molecule has 2 aromatic carbocycles. The van der Waals surface area contributed by atoms with Crippen molar-refractivity contribution in [2.24, 2.45) is 0 Å². The van der Waals surface area contributed by atoms with Crippen molar-refractivity contribution in [1.29, 1.82) is 0 Å². The zero-order valence-corrected chi connectivity index (χ0v) is 14.1. The fourth-order valence-electron chi connectivity index (χ4n) is 1.95. The highest BCUT2D eigenvalue weighted by molar-refractivity contribution is 7.89. The molecule has 8 heteroatoms. The third-order valence-electron chi connectivity index (χ3n) is 3.07. The number of hydrogen-bond acceptors (Lipinski definition) is 3. The number of rotatable bonds is 6. The number of carboxylic acids is 1. The van der Waals surface area contributed by atoms with E-state index in [0.29, 0.717) is 10.6 Å². The quantitative estimate of drug-likeness (QED) is 0.814. The van der Waals surface area contributed by atoms with Gasteiger partial charge >= 0.3 is 5.97 Å². The monoisotopic (exact) mass is 373 g/mol. The van der Waals surface area contributed by atoms with Gasteiger partial charge in [-0.2, -0.15) is 4.72 Å². The minimum Gasteiger partial charge on any atom is -0.480 e. The predicted octanol–water partition coefficient (Wildman–Crippen LogP) is 2.97. The molecular formula is C15H13Cl2NO4S. The Morgan fingerprint density at radius 3 is 2.26 bits per heavy atom. The van der Waals surface area contributed by atoms with Crippen LogP contribution in [0, 0.1) is 0 Å². The standard InChI is InChI=1S/C15H13Cl2NO4S/c16-11-7-5-10(6-8-11)9-13(15(19)20)18-23(21,22)14-4-2-1-3-12(14)17/h1-8,13,18H,9H2,(H,19,20)/t13-/m1/s1. The number of nitrogens with one attached hydrogen (secondary N) is 1. The summed E-state index contributed by atoms with van der Waals surface area (Å²) in [4.78, 5) is 11.2. The van der Waals surface area contributed by atoms with E-state index in [1.54, 1.807) is 30.3 Å². The molecule has 0 fully saturated rings. The summed E-state index contributed by atoms with van der Waals surface area (Å²) in [7, 11) is -4.05. The van der Waals surface area contributed by atoms with E-state index in [1.807, 2.05) is 0 Å². The van der Waals surface area contributed by atoms with E-state index in [9.17, 15) is 18.3 Å². The lowest BCUT2D eigenvalue weighted by Crippen LogP contribution is -2.42. The van der Waals surface area contributed by atoms with Crippen LogP contribution in [0.3, 0.4) is 0 Å². The van der Waals surface area contributed by atoms with Crippen LogP contribution in [0.25, 0.3) is 0 Å². The molecule has 1 atom stereocenters. The van der Waals surface area contributed by atoms with Crippen LogP contribution in [0.1, 0.15) is 5.56 Å². The molecule has 0 saturated carbocycles. The van der Waals surface area contributed by atoms with Crippen molar-refractivity contribution in [3.63, 3.8) is 0 Å². The molecule has 0 spiro atoms. The first-order valence-electron chi connectivity index (χ1n) is 6.54. The summed E-state index contributed by atoms with van der Waals surface area (Å²) < 4.78 is 26.8. The van der Waals surface area contributed by atoms with E-state index in [2.05, 4.69) is 4.72 Å². The first-order chi connectivity index (χ1) is 10.8. The highest BCUT2D eigenvalue weighted by atomic mass is 35.5. The Hall–Kier alpha value is -1.60. The fourth-order valence-corrected chi connectivity index (χ4v) is 3.78. The van der Waals surface area contributed by atoms with Gasteiger partial charge in [-0.1, -0.05) is 47.5 Å². The Morgan fingerprint density at radius 2 is 1.70 bits per heavy atom. The van der Waals surface area contributed by atoms with Gasteiger partial charge in [0.25, 0.3) is 0 Å². The summed E-state index contributed by atoms with van der Waals surface area (Å²) in [6.45, 7) is 0. The minimum atomic E-state index is -4.05. The molecule has 0 aliphatic carbocycles. The van der Waals surface area contributed by atoms with Crippen LogP contribution in [-0.2, 0) is 21.2 Å². The second kappa shape index (κ2) is 7.31. The fraction of sp³-hybridized carbons (Fsp3) is 0.133. The highest BCUT2D eigenvalue weighted by Crippen LogP contribution is 2.21. The van der Waals surface area contributed by atoms with E-state index < -0.39 is 22.0 Å². The number of carboxylic acid groups (broad SMARTS) is 1. The molecule has 0 unspecified atom stereocenters. The third-order valence-corrected chi connectivity index (χ3v) is 5.30. The number of sulfonamides is 1. The highest BCUT2D eigenvalue weighted by Gasteiger charge is 2.27. The average molecular weight is 374 g/mol. The van der Waals surface area contributed by atoms with E-state index >= 15 is 0 Å². The Labute approximate surface area is 143 Å². The molecule has 0 heterocycles. The lowest BCUT2D eigenvalue weighted by atomic mass is 10.1. The first kappa shape index (κ1) is 17.7. The maximum Gasteiger partial charge on any atom is 0.322 e. The van der Waals surface area contributed by atoms with Crippen LogP contribution in [0.4, 0.5) is 0 Å². The van der Waals surface area contributed by atoms with Gasteiger partial charge in [0.15, 0.2) is 0 Å². The molecule has 0 saturated heterocycles. The SMILES string of the molecule is O=C(O)[C@@H](Cc1ccc(Cl)cc1)NS(=O)(=O)c1ccccc1Cl. The van der Waals surface area contributed by atoms with Crippen molar-refractivity contribution in [2.45, 2.75) is 17.4 Å². The van der Waals surface area contributed by atoms with E-state index in [0.717, 1.165) is 0 Å². The maximum atomic E-state index is 12.3. The summed E-state index contributed by atoms with van der Waals surface area (Å²) in [6, 6.07) is 11.0. The number of benzene rings is 2. The van der Waals surface area contributed by atoms with Crippen LogP contribution in [0.2, 0.25) is 10.0 Å². The smallest absolute Gasteiger partial charge is 0.322 e. The molecule has 23 heavy (non-hydrogen) atoms. The van der Waals surface area contributed by atoms with Crippen molar-refractivity contribution in [1.82, 2.24) is 4.72 Å². The van der Waals surface area contributed by atoms with E-state index in [-0.39, 0.29) is 16.3 Å². The molecule has 2 rings (SSSR count). The summed E-state index contributed by atoms with van der Waals surface area (Å²) in [5.41, 5.74) is 0.642. The van der Waals surface area contributed by atoms with Crippen molar-refractivity contribution < 1.29 is 18.3 Å². The van der Waals surface area contributed by atoms with Gasteiger partial charge in [0.05, 0.1) is 5.02 Å². The summed E-state index contributed by atoms with van der Waals surface area (Å²) in [6.07, 6.45) is -0.0177. The molecular weight excluding hydrogens is 361 g/mol. The number of carbonyl (C=O) groups is 1. The van der Waals surface area contributed by atoms with Crippen LogP contribution in [-0.4, -0.2) is 25.5 Å². The van der Waals surface area contributed by atoms with E-state index in [4.69, 9.17) is 23.2 Å². The van der Waals surface area contributed by atoms with Gasteiger partial charge in [-0.05, 0) is 36.2 Å². The molecule has 2 aromatic rings. The Kier molecular flexibility index (Phi) is 5.64. The molecule has 0 amide bonds. The Morgan fingerprint density at radius 1 is 1.09 bits per heavy atom. The maximum absolute atomic E-state index is 12.3. The molecule has 0 aromatic heterocycles. The Balaban J connectivity index is 2.24. The van der Waals surface area contributed by atoms with Gasteiger partial charge in [0.2, 0.25) is 10.0 Å². The molecule has 2 N–H and O–H groups in total. The second-order valence-electron chi connectivity index (χ2n) is 4.77. The summed E-state index contributed by atoms with van der Waals surface area (Å²) in [5.74, 6) is -1.28. The van der Waals surface area contributed by atoms with Crippen LogP contribution >= 0.6 is 23.2 Å². The summed E-state index contributed by atoms with van der Waals surface area (Å²) in [5, 5.41) is 9.82. The average Bonchev–Trinajstić information content (AvgIpc) is 2.48. The predicted molar refractivity (Wildman–Crippen MR) is 88.4 cm³/mol. The van der Waals surface area contributed by atoms with Gasteiger partial charge in [-0.15, -0.1) is 0 Å². The van der Waals surface area contributed by atoms with Crippen LogP contribution < -0.4 is 4.72 Å². The van der Waals surface area contributed by atoms with Gasteiger partial charge in [0, 0.05) is 5.02 Å². The van der Waals surface area contributed by atoms with Crippen LogP contribution in [0.5, 0.6) is 0 Å². The van der Waals surface area contributed by atoms with Crippen molar-refractivity contribution in [3.05, 3.63) is 64.1 Å². The van der Waals surface area contributed by atoms with Crippen molar-refractivity contribution in [2.75, 3.05) is 0 Å². The van der Waals surface area contributed by atoms with E-state index in [1.165, 1.54) is 18.2 Å². The number of aliphatic carboxylic acids is 1. The normalized spacial score (nSPS) is 12.8. The topological polar surface area (TPSA) is 83.5 Å². The van der Waals surface area contributed by atoms with Gasteiger partial charge in [-0.25, -0.2) is 8.42 Å². The number of hydrogen-bond donors (Lipinski definition) is 2. The van der Waals surface area contributed by atoms with Crippen molar-refractivity contribution in [3.8, 4) is 0 Å².